The zero-order valence-electron chi connectivity index (χ0n) is 16.2. The zero-order chi connectivity index (χ0) is 20.1. The minimum Gasteiger partial charge on any atom is -0.447 e. The van der Waals surface area contributed by atoms with Crippen molar-refractivity contribution >= 4 is 33.4 Å². The second-order valence-corrected chi connectivity index (χ2v) is 8.46. The number of esters is 1. The Balaban J connectivity index is 1.27. The first kappa shape index (κ1) is 19.6. The van der Waals surface area contributed by atoms with Crippen LogP contribution in [0.3, 0.4) is 0 Å². The summed E-state index contributed by atoms with van der Waals surface area (Å²) in [5.74, 6) is -0.573. The number of carbonyl (C=O) groups excluding carboxylic acids is 2. The lowest BCUT2D eigenvalue weighted by Gasteiger charge is -2.18. The van der Waals surface area contributed by atoms with Gasteiger partial charge in [-0.1, -0.05) is 42.5 Å². The van der Waals surface area contributed by atoms with Gasteiger partial charge in [0.15, 0.2) is 0 Å². The van der Waals surface area contributed by atoms with Gasteiger partial charge >= 0.3 is 5.97 Å². The lowest BCUT2D eigenvalue weighted by atomic mass is 10.1. The Kier molecular flexibility index (Phi) is 6.20. The highest BCUT2D eigenvalue weighted by Gasteiger charge is 2.30. The number of nitrogens with zero attached hydrogens (tertiary/aromatic N) is 1. The van der Waals surface area contributed by atoms with E-state index in [1.807, 2.05) is 48.5 Å². The maximum Gasteiger partial charge on any atom is 0.306 e. The van der Waals surface area contributed by atoms with Crippen LogP contribution < -0.4 is 5.32 Å². The van der Waals surface area contributed by atoms with Gasteiger partial charge in [-0.05, 0) is 44.2 Å². The van der Waals surface area contributed by atoms with Crippen LogP contribution in [0.1, 0.15) is 48.8 Å². The number of fused-ring (bicyclic) bond motifs is 1. The van der Waals surface area contributed by atoms with Gasteiger partial charge in [-0.2, -0.15) is 0 Å². The van der Waals surface area contributed by atoms with Crippen molar-refractivity contribution in [2.45, 2.75) is 50.7 Å². The van der Waals surface area contributed by atoms with Crippen molar-refractivity contribution in [3.8, 4) is 0 Å². The molecule has 1 aliphatic carbocycles. The summed E-state index contributed by atoms with van der Waals surface area (Å²) in [6.45, 7) is 0. The minimum absolute atomic E-state index is 0.223. The predicted octanol–water partition coefficient (Wildman–Crippen LogP) is 4.57. The van der Waals surface area contributed by atoms with E-state index in [1.54, 1.807) is 11.3 Å². The van der Waals surface area contributed by atoms with Crippen LogP contribution in [0.5, 0.6) is 0 Å². The molecule has 1 N–H and O–H groups in total. The summed E-state index contributed by atoms with van der Waals surface area (Å²) in [5.41, 5.74) is 1.73. The number of hydrogen-bond acceptors (Lipinski definition) is 5. The van der Waals surface area contributed by atoms with Crippen LogP contribution in [0, 0.1) is 0 Å². The Bertz CT molecular complexity index is 949. The number of aryl methyl sites for hydroxylation is 1. The SMILES string of the molecule is O=C(CCCCc1nc2ccccc2s1)O[C@H](C(=O)NC1CC1)c1ccccc1. The molecule has 0 aliphatic heterocycles. The summed E-state index contributed by atoms with van der Waals surface area (Å²) in [6.07, 6.45) is 3.81. The molecule has 2 aromatic carbocycles. The number of carbonyl (C=O) groups is 2. The Morgan fingerprint density at radius 1 is 1.07 bits per heavy atom. The van der Waals surface area contributed by atoms with Crippen molar-refractivity contribution < 1.29 is 14.3 Å². The molecule has 29 heavy (non-hydrogen) atoms. The number of rotatable bonds is 9. The van der Waals surface area contributed by atoms with Gasteiger partial charge < -0.3 is 10.1 Å². The third-order valence-electron chi connectivity index (χ3n) is 4.87. The molecule has 0 saturated heterocycles. The van der Waals surface area contributed by atoms with Gasteiger partial charge in [0.05, 0.1) is 15.2 Å². The van der Waals surface area contributed by atoms with Gasteiger partial charge in [-0.15, -0.1) is 11.3 Å². The lowest BCUT2D eigenvalue weighted by Crippen LogP contribution is -2.33. The molecule has 1 heterocycles. The highest BCUT2D eigenvalue weighted by Crippen LogP contribution is 2.25. The third-order valence-corrected chi connectivity index (χ3v) is 5.97. The Labute approximate surface area is 174 Å². The van der Waals surface area contributed by atoms with Crippen LogP contribution >= 0.6 is 11.3 Å². The summed E-state index contributed by atoms with van der Waals surface area (Å²) in [5, 5.41) is 4.02. The first-order chi connectivity index (χ1) is 14.2. The number of amides is 1. The molecule has 5 nitrogen and oxygen atoms in total. The maximum atomic E-state index is 12.5. The number of hydrogen-bond donors (Lipinski definition) is 1. The van der Waals surface area contributed by atoms with E-state index in [0.717, 1.165) is 36.2 Å². The van der Waals surface area contributed by atoms with Crippen LogP contribution in [0.15, 0.2) is 54.6 Å². The summed E-state index contributed by atoms with van der Waals surface area (Å²) >= 11 is 1.70. The molecule has 0 bridgehead atoms. The summed E-state index contributed by atoms with van der Waals surface area (Å²) in [4.78, 5) is 29.5. The minimum atomic E-state index is -0.881. The molecule has 1 aliphatic rings. The average molecular weight is 409 g/mol. The van der Waals surface area contributed by atoms with Gasteiger partial charge in [-0.25, -0.2) is 4.98 Å². The second-order valence-electron chi connectivity index (χ2n) is 7.35. The summed E-state index contributed by atoms with van der Waals surface area (Å²) in [6, 6.07) is 17.5. The smallest absolute Gasteiger partial charge is 0.306 e. The number of aromatic nitrogens is 1. The van der Waals surface area contributed by atoms with Crippen LogP contribution in [0.25, 0.3) is 10.2 Å². The van der Waals surface area contributed by atoms with Crippen molar-refractivity contribution in [3.05, 3.63) is 65.2 Å². The highest BCUT2D eigenvalue weighted by molar-refractivity contribution is 7.18. The zero-order valence-corrected chi connectivity index (χ0v) is 17.0. The number of unbranched alkanes of at least 4 members (excludes halogenated alkanes) is 1. The van der Waals surface area contributed by atoms with Crippen molar-refractivity contribution in [1.29, 1.82) is 0 Å². The van der Waals surface area contributed by atoms with E-state index < -0.39 is 6.10 Å². The van der Waals surface area contributed by atoms with E-state index >= 15 is 0 Å². The topological polar surface area (TPSA) is 68.3 Å². The molecule has 0 spiro atoms. The first-order valence-corrected chi connectivity index (χ1v) is 10.9. The second kappa shape index (κ2) is 9.18. The predicted molar refractivity (Wildman–Crippen MR) is 114 cm³/mol. The average Bonchev–Trinajstić information content (AvgIpc) is 3.45. The van der Waals surface area contributed by atoms with Crippen LogP contribution in [0.2, 0.25) is 0 Å². The molecular weight excluding hydrogens is 384 g/mol. The number of thiazole rings is 1. The molecule has 4 rings (SSSR count). The molecule has 1 atom stereocenters. The van der Waals surface area contributed by atoms with E-state index in [4.69, 9.17) is 4.74 Å². The quantitative estimate of drug-likeness (QED) is 0.416. The van der Waals surface area contributed by atoms with Crippen LogP contribution in [-0.2, 0) is 20.7 Å². The fraction of sp³-hybridized carbons (Fsp3) is 0.348. The van der Waals surface area contributed by atoms with Crippen molar-refractivity contribution in [2.24, 2.45) is 0 Å². The van der Waals surface area contributed by atoms with Gasteiger partial charge in [0.2, 0.25) is 6.10 Å². The van der Waals surface area contributed by atoms with Crippen LogP contribution in [0.4, 0.5) is 0 Å². The van der Waals surface area contributed by atoms with Crippen molar-refractivity contribution in [2.75, 3.05) is 0 Å². The molecule has 1 amide bonds. The van der Waals surface area contributed by atoms with Crippen molar-refractivity contribution in [3.63, 3.8) is 0 Å². The first-order valence-electron chi connectivity index (χ1n) is 10.1. The molecule has 0 unspecified atom stereocenters. The summed E-state index contributed by atoms with van der Waals surface area (Å²) < 4.78 is 6.75. The van der Waals surface area contributed by atoms with Crippen molar-refractivity contribution in [1.82, 2.24) is 10.3 Å². The van der Waals surface area contributed by atoms with E-state index in [-0.39, 0.29) is 17.9 Å². The van der Waals surface area contributed by atoms with Gasteiger partial charge in [0, 0.05) is 18.0 Å². The lowest BCUT2D eigenvalue weighted by molar-refractivity contribution is -0.156. The van der Waals surface area contributed by atoms with E-state index in [1.165, 1.54) is 4.70 Å². The maximum absolute atomic E-state index is 12.5. The number of para-hydroxylation sites is 1. The van der Waals surface area contributed by atoms with Gasteiger partial charge in [0.25, 0.3) is 5.91 Å². The summed E-state index contributed by atoms with van der Waals surface area (Å²) in [7, 11) is 0. The third kappa shape index (κ3) is 5.41. The number of benzene rings is 2. The normalized spacial score (nSPS) is 14.5. The molecular formula is C23H24N2O3S. The molecule has 3 aromatic rings. The van der Waals surface area contributed by atoms with E-state index in [9.17, 15) is 9.59 Å². The molecule has 150 valence electrons. The van der Waals surface area contributed by atoms with Gasteiger partial charge in [-0.3, -0.25) is 9.59 Å². The molecule has 1 saturated carbocycles. The number of ether oxygens (including phenoxy) is 1. The molecule has 1 aromatic heterocycles. The highest BCUT2D eigenvalue weighted by atomic mass is 32.1. The largest absolute Gasteiger partial charge is 0.447 e. The fourth-order valence-corrected chi connectivity index (χ4v) is 4.18. The monoisotopic (exact) mass is 408 g/mol. The molecule has 1 fully saturated rings. The van der Waals surface area contributed by atoms with Gasteiger partial charge in [0.1, 0.15) is 0 Å². The molecule has 6 heteroatoms. The molecule has 0 radical (unpaired) electrons. The van der Waals surface area contributed by atoms with Crippen LogP contribution in [-0.4, -0.2) is 22.9 Å². The van der Waals surface area contributed by atoms with E-state index in [2.05, 4.69) is 16.4 Å². The fourth-order valence-electron chi connectivity index (χ4n) is 3.17. The number of nitrogens with one attached hydrogen (secondary N) is 1. The Morgan fingerprint density at radius 2 is 1.83 bits per heavy atom. The van der Waals surface area contributed by atoms with E-state index in [0.29, 0.717) is 18.4 Å². The standard InChI is InChI=1S/C23H24N2O3S/c26-21(13-7-6-12-20-25-18-10-4-5-11-19(18)29-20)28-22(16-8-2-1-3-9-16)23(27)24-17-14-15-17/h1-5,8-11,17,22H,6-7,12-15H2,(H,24,27)/t22-/m0/s1. The Hall–Kier alpha value is -2.73. The Morgan fingerprint density at radius 3 is 2.59 bits per heavy atom.